The highest BCUT2D eigenvalue weighted by atomic mass is 16.5. The summed E-state index contributed by atoms with van der Waals surface area (Å²) >= 11 is 0. The Morgan fingerprint density at radius 2 is 1.86 bits per heavy atom. The van der Waals surface area contributed by atoms with Crippen molar-refractivity contribution >= 4 is 23.2 Å². The first-order valence-electron chi connectivity index (χ1n) is 11.5. The van der Waals surface area contributed by atoms with Crippen LogP contribution in [0.4, 0.5) is 11.4 Å². The average Bonchev–Trinajstić information content (AvgIpc) is 2.74. The van der Waals surface area contributed by atoms with E-state index in [1.165, 1.54) is 19.3 Å². The molecule has 0 radical (unpaired) electrons. The smallest absolute Gasteiger partial charge is 0.265 e. The Balaban J connectivity index is 1.60. The van der Waals surface area contributed by atoms with Gasteiger partial charge in [-0.15, -0.1) is 0 Å². The second-order valence-corrected chi connectivity index (χ2v) is 8.57. The van der Waals surface area contributed by atoms with Gasteiger partial charge in [0.1, 0.15) is 5.75 Å². The zero-order chi connectivity index (χ0) is 20.6. The van der Waals surface area contributed by atoms with Gasteiger partial charge in [0, 0.05) is 18.2 Å². The molecule has 5 heteroatoms. The van der Waals surface area contributed by atoms with Crippen LogP contribution in [0.2, 0.25) is 0 Å². The Bertz CT molecular complexity index is 695. The molecule has 1 N–H and O–H groups in total. The summed E-state index contributed by atoms with van der Waals surface area (Å²) in [6.45, 7) is 5.18. The molecular weight excluding hydrogens is 364 g/mol. The minimum atomic E-state index is -0.0116. The molecule has 0 saturated heterocycles. The van der Waals surface area contributed by atoms with E-state index in [2.05, 4.69) is 19.2 Å². The number of ether oxygens (including phenoxy) is 1. The molecule has 1 aromatic carbocycles. The van der Waals surface area contributed by atoms with Crippen LogP contribution in [0.3, 0.4) is 0 Å². The van der Waals surface area contributed by atoms with Crippen LogP contribution in [0.15, 0.2) is 18.2 Å². The van der Waals surface area contributed by atoms with Crippen molar-refractivity contribution in [2.45, 2.75) is 78.1 Å². The lowest BCUT2D eigenvalue weighted by atomic mass is 9.79. The first kappa shape index (κ1) is 21.7. The maximum absolute atomic E-state index is 12.8. The monoisotopic (exact) mass is 400 g/mol. The lowest BCUT2D eigenvalue weighted by Gasteiger charge is -2.30. The van der Waals surface area contributed by atoms with Gasteiger partial charge in [0.2, 0.25) is 5.91 Å². The molecule has 1 aromatic rings. The summed E-state index contributed by atoms with van der Waals surface area (Å²) in [4.78, 5) is 27.0. The van der Waals surface area contributed by atoms with E-state index in [1.807, 2.05) is 23.1 Å². The summed E-state index contributed by atoms with van der Waals surface area (Å²) in [5, 5.41) is 3.09. The first-order valence-corrected chi connectivity index (χ1v) is 11.5. The van der Waals surface area contributed by atoms with Gasteiger partial charge in [-0.2, -0.15) is 0 Å². The Hall–Kier alpha value is -2.04. The largest absolute Gasteiger partial charge is 0.482 e. The van der Waals surface area contributed by atoms with Crippen molar-refractivity contribution in [3.05, 3.63) is 18.2 Å². The van der Waals surface area contributed by atoms with Gasteiger partial charge >= 0.3 is 0 Å². The second kappa shape index (κ2) is 10.7. The number of hydrogen-bond donors (Lipinski definition) is 1. The van der Waals surface area contributed by atoms with Crippen LogP contribution in [0.5, 0.6) is 5.75 Å². The van der Waals surface area contributed by atoms with Crippen LogP contribution in [-0.2, 0) is 9.59 Å². The standard InChI is InChI=1S/C24H36N2O3/c1-3-5-7-15-26-21-16-20(13-14-22(21)29-17-23(26)27)25-24(28)19-11-9-18(10-12-19)8-6-4-2/h13-14,16,18-19H,3-12,15,17H2,1-2H3,(H,25,28). The molecule has 1 saturated carbocycles. The van der Waals surface area contributed by atoms with Gasteiger partial charge in [0.05, 0.1) is 5.69 Å². The van der Waals surface area contributed by atoms with Crippen LogP contribution in [0.1, 0.15) is 78.1 Å². The quantitative estimate of drug-likeness (QED) is 0.554. The van der Waals surface area contributed by atoms with Gasteiger partial charge in [0.25, 0.3) is 5.91 Å². The predicted molar refractivity (Wildman–Crippen MR) is 117 cm³/mol. The number of anilines is 2. The third kappa shape index (κ3) is 5.74. The van der Waals surface area contributed by atoms with E-state index in [0.717, 1.165) is 68.0 Å². The SMILES string of the molecule is CCCCCN1C(=O)COc2ccc(NC(=O)C3CCC(CCCC)CC3)cc21. The lowest BCUT2D eigenvalue weighted by Crippen LogP contribution is -2.39. The fourth-order valence-electron chi connectivity index (χ4n) is 4.50. The lowest BCUT2D eigenvalue weighted by molar-refractivity contribution is -0.121. The fourth-order valence-corrected chi connectivity index (χ4v) is 4.50. The maximum atomic E-state index is 12.8. The maximum Gasteiger partial charge on any atom is 0.265 e. The summed E-state index contributed by atoms with van der Waals surface area (Å²) in [6.07, 6.45) is 11.3. The van der Waals surface area contributed by atoms with Crippen LogP contribution in [-0.4, -0.2) is 25.0 Å². The highest BCUT2D eigenvalue weighted by Crippen LogP contribution is 2.36. The summed E-state index contributed by atoms with van der Waals surface area (Å²) in [6, 6.07) is 5.64. The molecule has 2 amide bonds. The van der Waals surface area contributed by atoms with Crippen molar-refractivity contribution in [1.82, 2.24) is 0 Å². The van der Waals surface area contributed by atoms with Crippen LogP contribution in [0, 0.1) is 11.8 Å². The number of hydrogen-bond acceptors (Lipinski definition) is 3. The van der Waals surface area contributed by atoms with Crippen molar-refractivity contribution in [2.75, 3.05) is 23.4 Å². The first-order chi connectivity index (χ1) is 14.1. The molecule has 0 unspecified atom stereocenters. The van der Waals surface area contributed by atoms with E-state index in [9.17, 15) is 9.59 Å². The molecule has 3 rings (SSSR count). The van der Waals surface area contributed by atoms with Crippen molar-refractivity contribution < 1.29 is 14.3 Å². The Morgan fingerprint density at radius 1 is 1.10 bits per heavy atom. The zero-order valence-electron chi connectivity index (χ0n) is 18.0. The number of carbonyl (C=O) groups is 2. The van der Waals surface area contributed by atoms with Crippen LogP contribution >= 0.6 is 0 Å². The number of fused-ring (bicyclic) bond motifs is 1. The molecule has 1 aliphatic heterocycles. The number of unbranched alkanes of at least 4 members (excludes halogenated alkanes) is 3. The Morgan fingerprint density at radius 3 is 2.59 bits per heavy atom. The molecule has 1 fully saturated rings. The number of amides is 2. The van der Waals surface area contributed by atoms with Crippen molar-refractivity contribution in [3.8, 4) is 5.75 Å². The molecule has 1 aliphatic carbocycles. The topological polar surface area (TPSA) is 58.6 Å². The van der Waals surface area contributed by atoms with Gasteiger partial charge in [0.15, 0.2) is 6.61 Å². The number of nitrogens with zero attached hydrogens (tertiary/aromatic N) is 1. The molecule has 0 bridgehead atoms. The van der Waals surface area contributed by atoms with Crippen molar-refractivity contribution in [3.63, 3.8) is 0 Å². The zero-order valence-corrected chi connectivity index (χ0v) is 18.0. The predicted octanol–water partition coefficient (Wildman–Crippen LogP) is 5.54. The Labute approximate surface area is 175 Å². The highest BCUT2D eigenvalue weighted by molar-refractivity contribution is 5.99. The van der Waals surface area contributed by atoms with E-state index in [-0.39, 0.29) is 24.3 Å². The fraction of sp³-hybridized carbons (Fsp3) is 0.667. The van der Waals surface area contributed by atoms with E-state index >= 15 is 0 Å². The summed E-state index contributed by atoms with van der Waals surface area (Å²) in [5.74, 6) is 1.71. The van der Waals surface area contributed by atoms with Crippen molar-refractivity contribution in [1.29, 1.82) is 0 Å². The molecule has 29 heavy (non-hydrogen) atoms. The van der Waals surface area contributed by atoms with E-state index in [4.69, 9.17) is 4.74 Å². The molecule has 1 heterocycles. The summed E-state index contributed by atoms with van der Waals surface area (Å²) in [5.41, 5.74) is 1.53. The highest BCUT2D eigenvalue weighted by Gasteiger charge is 2.28. The molecular formula is C24H36N2O3. The van der Waals surface area contributed by atoms with Crippen LogP contribution < -0.4 is 15.0 Å². The third-order valence-corrected chi connectivity index (χ3v) is 6.34. The molecule has 5 nitrogen and oxygen atoms in total. The normalized spacial score (nSPS) is 21.4. The molecule has 0 spiro atoms. The average molecular weight is 401 g/mol. The van der Waals surface area contributed by atoms with E-state index in [0.29, 0.717) is 6.54 Å². The van der Waals surface area contributed by atoms with E-state index < -0.39 is 0 Å². The van der Waals surface area contributed by atoms with Gasteiger partial charge in [-0.05, 0) is 56.2 Å². The van der Waals surface area contributed by atoms with Gasteiger partial charge in [-0.1, -0.05) is 46.0 Å². The third-order valence-electron chi connectivity index (χ3n) is 6.34. The van der Waals surface area contributed by atoms with Crippen LogP contribution in [0.25, 0.3) is 0 Å². The number of carbonyl (C=O) groups excluding carboxylic acids is 2. The van der Waals surface area contributed by atoms with Gasteiger partial charge < -0.3 is 15.0 Å². The number of rotatable bonds is 9. The summed E-state index contributed by atoms with van der Waals surface area (Å²) in [7, 11) is 0. The minimum Gasteiger partial charge on any atom is -0.482 e. The van der Waals surface area contributed by atoms with Gasteiger partial charge in [-0.3, -0.25) is 9.59 Å². The minimum absolute atomic E-state index is 0.0116. The molecule has 0 atom stereocenters. The number of nitrogens with one attached hydrogen (secondary N) is 1. The van der Waals surface area contributed by atoms with E-state index in [1.54, 1.807) is 0 Å². The van der Waals surface area contributed by atoms with Gasteiger partial charge in [-0.25, -0.2) is 0 Å². The molecule has 160 valence electrons. The Kier molecular flexibility index (Phi) is 7.96. The summed E-state index contributed by atoms with van der Waals surface area (Å²) < 4.78 is 5.59. The molecule has 2 aliphatic rings. The molecule has 0 aromatic heterocycles. The van der Waals surface area contributed by atoms with Crippen molar-refractivity contribution in [2.24, 2.45) is 11.8 Å². The number of benzene rings is 1. The second-order valence-electron chi connectivity index (χ2n) is 8.57.